The molecule has 0 aliphatic carbocycles. The molecule has 2 rings (SSSR count). The average Bonchev–Trinajstić information content (AvgIpc) is 2.39. The first-order valence-electron chi connectivity index (χ1n) is 5.25. The van der Waals surface area contributed by atoms with Gasteiger partial charge in [-0.05, 0) is 18.2 Å². The molecule has 0 atom stereocenters. The van der Waals surface area contributed by atoms with Crippen molar-refractivity contribution >= 4 is 21.8 Å². The fourth-order valence-corrected chi connectivity index (χ4v) is 2.42. The highest BCUT2D eigenvalue weighted by atomic mass is 32.2. The van der Waals surface area contributed by atoms with Crippen molar-refractivity contribution in [2.45, 2.75) is 4.90 Å². The van der Waals surface area contributed by atoms with Crippen LogP contribution in [0.4, 0.5) is 5.82 Å². The van der Waals surface area contributed by atoms with Gasteiger partial charge in [0.2, 0.25) is 0 Å². The van der Waals surface area contributed by atoms with Crippen molar-refractivity contribution in [3.8, 4) is 5.75 Å². The number of benzene rings is 1. The zero-order valence-corrected chi connectivity index (χ0v) is 10.7. The number of aromatic hydroxyl groups is 1. The van der Waals surface area contributed by atoms with Crippen LogP contribution < -0.4 is 4.72 Å². The van der Waals surface area contributed by atoms with Gasteiger partial charge in [0.05, 0.1) is 11.1 Å². The van der Waals surface area contributed by atoms with Gasteiger partial charge < -0.3 is 10.2 Å². The van der Waals surface area contributed by atoms with Crippen LogP contribution in [-0.2, 0) is 10.0 Å². The zero-order valence-electron chi connectivity index (χ0n) is 9.89. The molecule has 0 aliphatic rings. The van der Waals surface area contributed by atoms with E-state index in [9.17, 15) is 18.3 Å². The van der Waals surface area contributed by atoms with Crippen molar-refractivity contribution in [3.63, 3.8) is 0 Å². The molecule has 0 spiro atoms. The summed E-state index contributed by atoms with van der Waals surface area (Å²) in [6.07, 6.45) is 3.88. The molecule has 0 saturated carbocycles. The first-order chi connectivity index (χ1) is 9.40. The minimum absolute atomic E-state index is 0.00236. The molecule has 1 aromatic heterocycles. The van der Waals surface area contributed by atoms with Crippen LogP contribution in [0.15, 0.2) is 41.7 Å². The summed E-state index contributed by atoms with van der Waals surface area (Å²) < 4.78 is 26.2. The predicted octanol–water partition coefficient (Wildman–Crippen LogP) is 0.681. The van der Waals surface area contributed by atoms with E-state index in [1.165, 1.54) is 18.6 Å². The Balaban J connectivity index is 2.40. The smallest absolute Gasteiger partial charge is 0.339 e. The number of phenols is 1. The molecule has 0 fully saturated rings. The Kier molecular flexibility index (Phi) is 3.53. The number of nitrogens with zero attached hydrogens (tertiary/aromatic N) is 2. The lowest BCUT2D eigenvalue weighted by Crippen LogP contribution is -2.14. The van der Waals surface area contributed by atoms with Gasteiger partial charge in [-0.25, -0.2) is 18.2 Å². The number of nitrogens with one attached hydrogen (secondary N) is 1. The Bertz CT molecular complexity index is 746. The molecule has 0 aliphatic heterocycles. The number of carboxylic acids is 1. The number of hydrogen-bond donors (Lipinski definition) is 3. The van der Waals surface area contributed by atoms with E-state index in [-0.39, 0.29) is 10.7 Å². The maximum absolute atomic E-state index is 12.0. The van der Waals surface area contributed by atoms with Gasteiger partial charge >= 0.3 is 5.97 Å². The topological polar surface area (TPSA) is 129 Å². The third-order valence-corrected chi connectivity index (χ3v) is 3.66. The van der Waals surface area contributed by atoms with Crippen LogP contribution in [-0.4, -0.2) is 34.6 Å². The van der Waals surface area contributed by atoms with E-state index in [0.29, 0.717) is 0 Å². The van der Waals surface area contributed by atoms with Crippen LogP contribution in [0.25, 0.3) is 0 Å². The average molecular weight is 295 g/mol. The minimum atomic E-state index is -4.01. The van der Waals surface area contributed by atoms with Gasteiger partial charge in [0.25, 0.3) is 10.0 Å². The molecular weight excluding hydrogens is 286 g/mol. The molecule has 0 amide bonds. The number of aromatic nitrogens is 2. The van der Waals surface area contributed by atoms with Crippen molar-refractivity contribution in [3.05, 3.63) is 42.4 Å². The number of hydrogen-bond acceptors (Lipinski definition) is 6. The Labute approximate surface area is 113 Å². The van der Waals surface area contributed by atoms with Gasteiger partial charge in [0.15, 0.2) is 5.82 Å². The standard InChI is InChI=1S/C11H9N3O5S/c15-9-2-1-7(5-8(9)11(16)17)20(18,19)14-10-6-12-3-4-13-10/h1-6,15H,(H,13,14)(H,16,17). The summed E-state index contributed by atoms with van der Waals surface area (Å²) in [6, 6.07) is 2.94. The monoisotopic (exact) mass is 295 g/mol. The fourth-order valence-electron chi connectivity index (χ4n) is 1.40. The lowest BCUT2D eigenvalue weighted by molar-refractivity contribution is 0.0693. The Morgan fingerprint density at radius 2 is 2.00 bits per heavy atom. The fraction of sp³-hybridized carbons (Fsp3) is 0. The summed E-state index contributed by atoms with van der Waals surface area (Å²) in [6.45, 7) is 0. The van der Waals surface area contributed by atoms with Gasteiger partial charge in [-0.3, -0.25) is 9.71 Å². The molecule has 9 heteroatoms. The van der Waals surface area contributed by atoms with E-state index < -0.39 is 27.3 Å². The van der Waals surface area contributed by atoms with Crippen molar-refractivity contribution in [2.24, 2.45) is 0 Å². The van der Waals surface area contributed by atoms with Crippen LogP contribution in [0.3, 0.4) is 0 Å². The summed E-state index contributed by atoms with van der Waals surface area (Å²) in [4.78, 5) is 18.0. The molecule has 1 aromatic carbocycles. The largest absolute Gasteiger partial charge is 0.507 e. The number of rotatable bonds is 4. The number of sulfonamides is 1. The van der Waals surface area contributed by atoms with E-state index in [0.717, 1.165) is 18.2 Å². The van der Waals surface area contributed by atoms with Crippen LogP contribution in [0, 0.1) is 0 Å². The first-order valence-corrected chi connectivity index (χ1v) is 6.73. The van der Waals surface area contributed by atoms with Crippen molar-refractivity contribution in [1.82, 2.24) is 9.97 Å². The molecule has 20 heavy (non-hydrogen) atoms. The van der Waals surface area contributed by atoms with Gasteiger partial charge in [-0.2, -0.15) is 0 Å². The quantitative estimate of drug-likeness (QED) is 0.756. The molecule has 2 aromatic rings. The van der Waals surface area contributed by atoms with E-state index in [1.54, 1.807) is 0 Å². The van der Waals surface area contributed by atoms with Gasteiger partial charge in [0, 0.05) is 12.4 Å². The maximum Gasteiger partial charge on any atom is 0.339 e. The third-order valence-electron chi connectivity index (χ3n) is 2.31. The maximum atomic E-state index is 12.0. The van der Waals surface area contributed by atoms with Crippen LogP contribution in [0.2, 0.25) is 0 Å². The lowest BCUT2D eigenvalue weighted by atomic mass is 10.2. The summed E-state index contributed by atoms with van der Waals surface area (Å²) in [5.74, 6) is -1.95. The summed E-state index contributed by atoms with van der Waals surface area (Å²) in [5.41, 5.74) is -0.507. The molecule has 0 bridgehead atoms. The third kappa shape index (κ3) is 2.83. The second-order valence-electron chi connectivity index (χ2n) is 3.68. The molecule has 8 nitrogen and oxygen atoms in total. The summed E-state index contributed by atoms with van der Waals surface area (Å²) >= 11 is 0. The molecule has 0 radical (unpaired) electrons. The van der Waals surface area contributed by atoms with Crippen molar-refractivity contribution < 1.29 is 23.4 Å². The van der Waals surface area contributed by atoms with Crippen LogP contribution >= 0.6 is 0 Å². The molecule has 3 N–H and O–H groups in total. The Morgan fingerprint density at radius 1 is 1.25 bits per heavy atom. The van der Waals surface area contributed by atoms with Crippen LogP contribution in [0.1, 0.15) is 10.4 Å². The highest BCUT2D eigenvalue weighted by molar-refractivity contribution is 7.92. The minimum Gasteiger partial charge on any atom is -0.507 e. The highest BCUT2D eigenvalue weighted by Crippen LogP contribution is 2.22. The number of carbonyl (C=O) groups is 1. The molecule has 0 saturated heterocycles. The normalized spacial score (nSPS) is 11.0. The lowest BCUT2D eigenvalue weighted by Gasteiger charge is -2.08. The first kappa shape index (κ1) is 13.7. The highest BCUT2D eigenvalue weighted by Gasteiger charge is 2.19. The van der Waals surface area contributed by atoms with E-state index in [2.05, 4.69) is 14.7 Å². The Morgan fingerprint density at radius 3 is 2.60 bits per heavy atom. The second-order valence-corrected chi connectivity index (χ2v) is 5.36. The number of anilines is 1. The van der Waals surface area contributed by atoms with E-state index >= 15 is 0 Å². The predicted molar refractivity (Wildman–Crippen MR) is 67.9 cm³/mol. The van der Waals surface area contributed by atoms with Gasteiger partial charge in [-0.15, -0.1) is 0 Å². The van der Waals surface area contributed by atoms with Crippen molar-refractivity contribution in [1.29, 1.82) is 0 Å². The van der Waals surface area contributed by atoms with E-state index in [1.807, 2.05) is 0 Å². The SMILES string of the molecule is O=C(O)c1cc(S(=O)(=O)Nc2cnccn2)ccc1O. The Hall–Kier alpha value is -2.68. The van der Waals surface area contributed by atoms with Crippen molar-refractivity contribution in [2.75, 3.05) is 4.72 Å². The molecular formula is C11H9N3O5S. The number of aromatic carboxylic acids is 1. The van der Waals surface area contributed by atoms with E-state index in [4.69, 9.17) is 5.11 Å². The molecule has 1 heterocycles. The van der Waals surface area contributed by atoms with Crippen LogP contribution in [0.5, 0.6) is 5.75 Å². The zero-order chi connectivity index (χ0) is 14.8. The number of carboxylic acid groups (broad SMARTS) is 1. The molecule has 104 valence electrons. The molecule has 0 unspecified atom stereocenters. The summed E-state index contributed by atoms with van der Waals surface area (Å²) in [7, 11) is -4.01. The van der Waals surface area contributed by atoms with Gasteiger partial charge in [-0.1, -0.05) is 0 Å². The van der Waals surface area contributed by atoms with Gasteiger partial charge in [0.1, 0.15) is 11.3 Å². The second kappa shape index (κ2) is 5.13. The summed E-state index contributed by atoms with van der Waals surface area (Å²) in [5, 5.41) is 18.2.